The number of halogens is 1. The Kier molecular flexibility index (Phi) is 7.82. The van der Waals surface area contributed by atoms with Gasteiger partial charge < -0.3 is 15.6 Å². The highest BCUT2D eigenvalue weighted by molar-refractivity contribution is 5.85. The normalized spacial score (nSPS) is 10.6. The number of carbonyl (C=O) groups excluding carboxylic acids is 1. The first-order chi connectivity index (χ1) is 9.02. The van der Waals surface area contributed by atoms with E-state index in [4.69, 9.17) is 17.3 Å². The second kappa shape index (κ2) is 8.80. The van der Waals surface area contributed by atoms with Crippen LogP contribution in [-0.4, -0.2) is 29.8 Å². The van der Waals surface area contributed by atoms with Gasteiger partial charge >= 0.3 is 12.1 Å². The SMILES string of the molecule is C#CCOC(=O)Nc1ccc(C[C@H](N)C(=O)O)cc1.Cl. The first kappa shape index (κ1) is 17.8. The Bertz CT molecular complexity index is 496. The molecule has 20 heavy (non-hydrogen) atoms. The summed E-state index contributed by atoms with van der Waals surface area (Å²) in [5.74, 6) is 1.12. The molecule has 1 atom stereocenters. The van der Waals surface area contributed by atoms with Crippen molar-refractivity contribution in [3.8, 4) is 12.3 Å². The summed E-state index contributed by atoms with van der Waals surface area (Å²) in [7, 11) is 0. The third-order valence-electron chi connectivity index (χ3n) is 2.26. The molecule has 6 nitrogen and oxygen atoms in total. The van der Waals surface area contributed by atoms with E-state index in [9.17, 15) is 9.59 Å². The zero-order valence-electron chi connectivity index (χ0n) is 10.5. The molecule has 1 rings (SSSR count). The molecule has 0 saturated heterocycles. The van der Waals surface area contributed by atoms with E-state index < -0.39 is 18.1 Å². The Morgan fingerprint density at radius 1 is 1.40 bits per heavy atom. The molecular formula is C13H15ClN2O4. The summed E-state index contributed by atoms with van der Waals surface area (Å²) in [4.78, 5) is 21.8. The highest BCUT2D eigenvalue weighted by Crippen LogP contribution is 2.11. The van der Waals surface area contributed by atoms with Crippen LogP contribution in [0.3, 0.4) is 0 Å². The van der Waals surface area contributed by atoms with Crippen LogP contribution in [0.25, 0.3) is 0 Å². The number of terminal acetylenes is 1. The van der Waals surface area contributed by atoms with E-state index >= 15 is 0 Å². The number of amides is 1. The summed E-state index contributed by atoms with van der Waals surface area (Å²) in [6.45, 7) is -0.0998. The van der Waals surface area contributed by atoms with Gasteiger partial charge in [0, 0.05) is 5.69 Å². The van der Waals surface area contributed by atoms with Gasteiger partial charge in [0.05, 0.1) is 0 Å². The van der Waals surface area contributed by atoms with Crippen molar-refractivity contribution in [2.45, 2.75) is 12.5 Å². The van der Waals surface area contributed by atoms with E-state index in [2.05, 4.69) is 16.0 Å². The molecule has 0 aromatic heterocycles. The average Bonchev–Trinajstić information content (AvgIpc) is 2.38. The molecule has 0 unspecified atom stereocenters. The van der Waals surface area contributed by atoms with Crippen LogP contribution in [0.5, 0.6) is 0 Å². The summed E-state index contributed by atoms with van der Waals surface area (Å²) in [6.07, 6.45) is 4.52. The minimum Gasteiger partial charge on any atom is -0.480 e. The number of carboxylic acid groups (broad SMARTS) is 1. The van der Waals surface area contributed by atoms with Crippen LogP contribution in [0.15, 0.2) is 24.3 Å². The summed E-state index contributed by atoms with van der Waals surface area (Å²) >= 11 is 0. The van der Waals surface area contributed by atoms with Crippen molar-refractivity contribution >= 4 is 30.2 Å². The van der Waals surface area contributed by atoms with Crippen LogP contribution < -0.4 is 11.1 Å². The fourth-order valence-corrected chi connectivity index (χ4v) is 1.33. The van der Waals surface area contributed by atoms with Gasteiger partial charge in [-0.1, -0.05) is 18.1 Å². The van der Waals surface area contributed by atoms with E-state index in [1.165, 1.54) is 0 Å². The number of carboxylic acids is 1. The van der Waals surface area contributed by atoms with E-state index in [-0.39, 0.29) is 25.4 Å². The molecule has 7 heteroatoms. The standard InChI is InChI=1S/C13H14N2O4.ClH/c1-2-7-19-13(18)15-10-5-3-9(4-6-10)8-11(14)12(16)17;/h1,3-6,11H,7-8,14H2,(H,15,18)(H,16,17);1H/t11-;/m0./s1. The molecule has 0 radical (unpaired) electrons. The largest absolute Gasteiger partial charge is 0.480 e. The summed E-state index contributed by atoms with van der Waals surface area (Å²) in [6, 6.07) is 5.67. The lowest BCUT2D eigenvalue weighted by molar-refractivity contribution is -0.138. The van der Waals surface area contributed by atoms with Gasteiger partial charge in [-0.3, -0.25) is 10.1 Å². The molecule has 108 valence electrons. The van der Waals surface area contributed by atoms with E-state index in [1.54, 1.807) is 24.3 Å². The number of rotatable bonds is 5. The molecule has 0 saturated carbocycles. The van der Waals surface area contributed by atoms with Gasteiger partial charge in [-0.15, -0.1) is 18.8 Å². The topological polar surface area (TPSA) is 102 Å². The van der Waals surface area contributed by atoms with Gasteiger partial charge in [0.15, 0.2) is 6.61 Å². The lowest BCUT2D eigenvalue weighted by Crippen LogP contribution is -2.32. The van der Waals surface area contributed by atoms with Crippen molar-refractivity contribution in [2.75, 3.05) is 11.9 Å². The van der Waals surface area contributed by atoms with E-state index in [1.807, 2.05) is 0 Å². The molecule has 1 amide bonds. The molecule has 0 bridgehead atoms. The van der Waals surface area contributed by atoms with Crippen LogP contribution in [0.1, 0.15) is 5.56 Å². The van der Waals surface area contributed by atoms with Crippen molar-refractivity contribution in [1.82, 2.24) is 0 Å². The quantitative estimate of drug-likeness (QED) is 0.710. The number of benzene rings is 1. The van der Waals surface area contributed by atoms with Crippen molar-refractivity contribution in [1.29, 1.82) is 0 Å². The maximum absolute atomic E-state index is 11.2. The molecule has 0 aliphatic carbocycles. The summed E-state index contributed by atoms with van der Waals surface area (Å²) in [5.41, 5.74) is 6.70. The Morgan fingerprint density at radius 3 is 2.50 bits per heavy atom. The number of aliphatic carboxylic acids is 1. The first-order valence-electron chi connectivity index (χ1n) is 5.47. The molecule has 0 fully saturated rings. The maximum atomic E-state index is 11.2. The van der Waals surface area contributed by atoms with Gasteiger partial charge in [-0.05, 0) is 24.1 Å². The molecule has 0 aliphatic heterocycles. The number of nitrogens with two attached hydrogens (primary N) is 1. The van der Waals surface area contributed by atoms with Gasteiger partial charge in [-0.2, -0.15) is 0 Å². The Hall–Kier alpha value is -2.23. The average molecular weight is 299 g/mol. The summed E-state index contributed by atoms with van der Waals surface area (Å²) in [5, 5.41) is 11.2. The van der Waals surface area contributed by atoms with Crippen molar-refractivity contribution in [2.24, 2.45) is 5.73 Å². The van der Waals surface area contributed by atoms with Gasteiger partial charge in [0.2, 0.25) is 0 Å². The minimum absolute atomic E-state index is 0. The first-order valence-corrected chi connectivity index (χ1v) is 5.47. The zero-order chi connectivity index (χ0) is 14.3. The number of carbonyl (C=O) groups is 2. The minimum atomic E-state index is -1.06. The molecule has 4 N–H and O–H groups in total. The highest BCUT2D eigenvalue weighted by Gasteiger charge is 2.12. The maximum Gasteiger partial charge on any atom is 0.412 e. The van der Waals surface area contributed by atoms with Crippen LogP contribution in [0, 0.1) is 12.3 Å². The zero-order valence-corrected chi connectivity index (χ0v) is 11.4. The monoisotopic (exact) mass is 298 g/mol. The van der Waals surface area contributed by atoms with Crippen LogP contribution in [0.2, 0.25) is 0 Å². The fourth-order valence-electron chi connectivity index (χ4n) is 1.33. The van der Waals surface area contributed by atoms with Crippen LogP contribution in [0.4, 0.5) is 10.5 Å². The smallest absolute Gasteiger partial charge is 0.412 e. The molecule has 1 aromatic carbocycles. The van der Waals surface area contributed by atoms with Crippen molar-refractivity contribution < 1.29 is 19.4 Å². The predicted molar refractivity (Wildman–Crippen MR) is 76.8 cm³/mol. The van der Waals surface area contributed by atoms with E-state index in [0.29, 0.717) is 5.69 Å². The fraction of sp³-hybridized carbons (Fsp3) is 0.231. The lowest BCUT2D eigenvalue weighted by atomic mass is 10.1. The van der Waals surface area contributed by atoms with Crippen molar-refractivity contribution in [3.63, 3.8) is 0 Å². The number of nitrogens with one attached hydrogen (secondary N) is 1. The third kappa shape index (κ3) is 6.09. The Labute approximate surface area is 122 Å². The predicted octanol–water partition coefficient (Wildman–Crippen LogP) is 1.24. The molecule has 0 aliphatic rings. The number of hydrogen-bond donors (Lipinski definition) is 3. The number of ether oxygens (including phenoxy) is 1. The molecule has 1 aromatic rings. The Balaban J connectivity index is 0.00000361. The van der Waals surface area contributed by atoms with Crippen LogP contribution >= 0.6 is 12.4 Å². The highest BCUT2D eigenvalue weighted by atomic mass is 35.5. The van der Waals surface area contributed by atoms with Gasteiger partial charge in [-0.25, -0.2) is 4.79 Å². The van der Waals surface area contributed by atoms with Gasteiger partial charge in [0.25, 0.3) is 0 Å². The van der Waals surface area contributed by atoms with Crippen molar-refractivity contribution in [3.05, 3.63) is 29.8 Å². The second-order valence-corrected chi connectivity index (χ2v) is 3.75. The number of hydrogen-bond acceptors (Lipinski definition) is 4. The third-order valence-corrected chi connectivity index (χ3v) is 2.26. The van der Waals surface area contributed by atoms with Crippen LogP contribution in [-0.2, 0) is 16.0 Å². The van der Waals surface area contributed by atoms with E-state index in [0.717, 1.165) is 5.56 Å². The Morgan fingerprint density at radius 2 is 2.00 bits per heavy atom. The lowest BCUT2D eigenvalue weighted by Gasteiger charge is -2.08. The summed E-state index contributed by atoms with van der Waals surface area (Å²) < 4.78 is 4.64. The molecule has 0 heterocycles. The molecule has 0 spiro atoms. The van der Waals surface area contributed by atoms with Gasteiger partial charge in [0.1, 0.15) is 6.04 Å². The number of anilines is 1. The molecular weight excluding hydrogens is 284 g/mol. The second-order valence-electron chi connectivity index (χ2n) is 3.75.